The SMILES string of the molecule is NC1CC(c2cc(NCc3ccc(C(=O)N4CCCC4)cc3)ncn2)C1. The molecule has 0 unspecified atom stereocenters. The molecule has 6 heteroatoms. The lowest BCUT2D eigenvalue weighted by Gasteiger charge is -2.31. The number of likely N-dealkylation sites (tertiary alicyclic amines) is 1. The number of anilines is 1. The molecule has 2 heterocycles. The molecule has 0 atom stereocenters. The lowest BCUT2D eigenvalue weighted by Crippen LogP contribution is -2.35. The van der Waals surface area contributed by atoms with Crippen LogP contribution in [0.4, 0.5) is 5.82 Å². The molecule has 1 aliphatic carbocycles. The van der Waals surface area contributed by atoms with E-state index in [1.807, 2.05) is 35.2 Å². The highest BCUT2D eigenvalue weighted by molar-refractivity contribution is 5.94. The Morgan fingerprint density at radius 1 is 1.15 bits per heavy atom. The average Bonchev–Trinajstić information content (AvgIpc) is 3.19. The number of carbonyl (C=O) groups is 1. The van der Waals surface area contributed by atoms with E-state index in [-0.39, 0.29) is 5.91 Å². The Labute approximate surface area is 153 Å². The maximum Gasteiger partial charge on any atom is 0.253 e. The van der Waals surface area contributed by atoms with Crippen LogP contribution in [0, 0.1) is 0 Å². The van der Waals surface area contributed by atoms with Gasteiger partial charge in [-0.3, -0.25) is 4.79 Å². The fourth-order valence-electron chi connectivity index (χ4n) is 3.66. The number of nitrogens with two attached hydrogens (primary N) is 1. The van der Waals surface area contributed by atoms with Crippen LogP contribution < -0.4 is 11.1 Å². The molecule has 2 aliphatic rings. The molecule has 1 aromatic heterocycles. The number of benzene rings is 1. The summed E-state index contributed by atoms with van der Waals surface area (Å²) >= 11 is 0. The standard InChI is InChI=1S/C20H25N5O/c21-17-9-16(10-17)18-11-19(24-13-23-18)22-12-14-3-5-15(6-4-14)20(26)25-7-1-2-8-25/h3-6,11,13,16-17H,1-2,7-10,12,21H2,(H,22,23,24). The van der Waals surface area contributed by atoms with Gasteiger partial charge in [0, 0.05) is 48.9 Å². The highest BCUT2D eigenvalue weighted by Crippen LogP contribution is 2.34. The summed E-state index contributed by atoms with van der Waals surface area (Å²) in [5.74, 6) is 1.43. The molecule has 2 aromatic rings. The van der Waals surface area contributed by atoms with Gasteiger partial charge in [-0.25, -0.2) is 9.97 Å². The van der Waals surface area contributed by atoms with Gasteiger partial charge in [0.05, 0.1) is 0 Å². The van der Waals surface area contributed by atoms with Crippen LogP contribution in [0.1, 0.15) is 53.2 Å². The van der Waals surface area contributed by atoms with E-state index in [0.29, 0.717) is 18.5 Å². The largest absolute Gasteiger partial charge is 0.366 e. The third-order valence-electron chi connectivity index (χ3n) is 5.35. The molecule has 0 radical (unpaired) electrons. The summed E-state index contributed by atoms with van der Waals surface area (Å²) in [4.78, 5) is 23.0. The maximum atomic E-state index is 12.4. The minimum absolute atomic E-state index is 0.140. The number of amides is 1. The van der Waals surface area contributed by atoms with Gasteiger partial charge < -0.3 is 16.0 Å². The van der Waals surface area contributed by atoms with Crippen LogP contribution in [0.15, 0.2) is 36.7 Å². The van der Waals surface area contributed by atoms with Crippen molar-refractivity contribution in [3.05, 3.63) is 53.5 Å². The van der Waals surface area contributed by atoms with E-state index >= 15 is 0 Å². The van der Waals surface area contributed by atoms with Gasteiger partial charge in [-0.2, -0.15) is 0 Å². The van der Waals surface area contributed by atoms with Crippen molar-refractivity contribution in [2.75, 3.05) is 18.4 Å². The van der Waals surface area contributed by atoms with Crippen molar-refractivity contribution >= 4 is 11.7 Å². The van der Waals surface area contributed by atoms with Crippen molar-refractivity contribution in [1.82, 2.24) is 14.9 Å². The summed E-state index contributed by atoms with van der Waals surface area (Å²) < 4.78 is 0. The second kappa shape index (κ2) is 7.41. The third kappa shape index (κ3) is 3.70. The van der Waals surface area contributed by atoms with Crippen LogP contribution in [0.25, 0.3) is 0 Å². The molecule has 0 bridgehead atoms. The van der Waals surface area contributed by atoms with Gasteiger partial charge in [-0.15, -0.1) is 0 Å². The fraction of sp³-hybridized carbons (Fsp3) is 0.450. The number of carbonyl (C=O) groups excluding carboxylic acids is 1. The van der Waals surface area contributed by atoms with Crippen molar-refractivity contribution in [3.8, 4) is 0 Å². The van der Waals surface area contributed by atoms with E-state index in [0.717, 1.165) is 61.4 Å². The van der Waals surface area contributed by atoms with Gasteiger partial charge in [-0.05, 0) is 43.4 Å². The van der Waals surface area contributed by atoms with Crippen molar-refractivity contribution in [3.63, 3.8) is 0 Å². The topological polar surface area (TPSA) is 84.1 Å². The van der Waals surface area contributed by atoms with E-state index in [1.165, 1.54) is 0 Å². The highest BCUT2D eigenvalue weighted by Gasteiger charge is 2.28. The first-order valence-electron chi connectivity index (χ1n) is 9.38. The number of hydrogen-bond donors (Lipinski definition) is 2. The van der Waals surface area contributed by atoms with Crippen molar-refractivity contribution in [2.45, 2.75) is 44.2 Å². The van der Waals surface area contributed by atoms with Crippen LogP contribution in [-0.4, -0.2) is 39.9 Å². The molecule has 6 nitrogen and oxygen atoms in total. The van der Waals surface area contributed by atoms with Crippen LogP contribution in [-0.2, 0) is 6.54 Å². The maximum absolute atomic E-state index is 12.4. The summed E-state index contributed by atoms with van der Waals surface area (Å²) in [6, 6.07) is 10.2. The van der Waals surface area contributed by atoms with Gasteiger partial charge in [0.1, 0.15) is 12.1 Å². The first kappa shape index (κ1) is 17.0. The summed E-state index contributed by atoms with van der Waals surface area (Å²) in [5, 5.41) is 3.34. The third-order valence-corrected chi connectivity index (χ3v) is 5.35. The highest BCUT2D eigenvalue weighted by atomic mass is 16.2. The van der Waals surface area contributed by atoms with Gasteiger partial charge in [0.15, 0.2) is 0 Å². The number of hydrogen-bond acceptors (Lipinski definition) is 5. The Kier molecular flexibility index (Phi) is 4.84. The average molecular weight is 351 g/mol. The molecular formula is C20H25N5O. The monoisotopic (exact) mass is 351 g/mol. The van der Waals surface area contributed by atoms with E-state index < -0.39 is 0 Å². The van der Waals surface area contributed by atoms with E-state index in [1.54, 1.807) is 6.33 Å². The molecule has 136 valence electrons. The number of nitrogens with zero attached hydrogens (tertiary/aromatic N) is 3. The quantitative estimate of drug-likeness (QED) is 0.865. The smallest absolute Gasteiger partial charge is 0.253 e. The normalized spacial score (nSPS) is 22.1. The van der Waals surface area contributed by atoms with Crippen LogP contribution in [0.3, 0.4) is 0 Å². The Morgan fingerprint density at radius 3 is 2.58 bits per heavy atom. The molecule has 0 spiro atoms. The predicted molar refractivity (Wildman–Crippen MR) is 101 cm³/mol. The van der Waals surface area contributed by atoms with Gasteiger partial charge in [0.25, 0.3) is 5.91 Å². The summed E-state index contributed by atoms with van der Waals surface area (Å²) in [7, 11) is 0. The van der Waals surface area contributed by atoms with Crippen molar-refractivity contribution in [1.29, 1.82) is 0 Å². The van der Waals surface area contributed by atoms with E-state index in [9.17, 15) is 4.79 Å². The zero-order chi connectivity index (χ0) is 17.9. The van der Waals surface area contributed by atoms with Gasteiger partial charge >= 0.3 is 0 Å². The summed E-state index contributed by atoms with van der Waals surface area (Å²) in [5.41, 5.74) is 8.82. The van der Waals surface area contributed by atoms with Crippen molar-refractivity contribution in [2.24, 2.45) is 5.73 Å². The fourth-order valence-corrected chi connectivity index (χ4v) is 3.66. The molecule has 2 fully saturated rings. The van der Waals surface area contributed by atoms with E-state index in [2.05, 4.69) is 15.3 Å². The lowest BCUT2D eigenvalue weighted by atomic mass is 9.79. The van der Waals surface area contributed by atoms with E-state index in [4.69, 9.17) is 5.73 Å². The molecule has 1 saturated heterocycles. The Morgan fingerprint density at radius 2 is 1.88 bits per heavy atom. The van der Waals surface area contributed by atoms with Crippen molar-refractivity contribution < 1.29 is 4.79 Å². The summed E-state index contributed by atoms with van der Waals surface area (Å²) in [6.45, 7) is 2.42. The minimum atomic E-state index is 0.140. The molecule has 26 heavy (non-hydrogen) atoms. The zero-order valence-corrected chi connectivity index (χ0v) is 14.9. The molecule has 1 aromatic carbocycles. The van der Waals surface area contributed by atoms with Gasteiger partial charge in [-0.1, -0.05) is 12.1 Å². The number of aromatic nitrogens is 2. The second-order valence-electron chi connectivity index (χ2n) is 7.31. The molecule has 3 N–H and O–H groups in total. The molecule has 1 saturated carbocycles. The number of nitrogens with one attached hydrogen (secondary N) is 1. The summed E-state index contributed by atoms with van der Waals surface area (Å²) in [6.07, 6.45) is 5.84. The Hall–Kier alpha value is -2.47. The zero-order valence-electron chi connectivity index (χ0n) is 14.9. The molecule has 4 rings (SSSR count). The first-order valence-corrected chi connectivity index (χ1v) is 9.38. The Bertz CT molecular complexity index is 764. The Balaban J connectivity index is 1.34. The molecule has 1 aliphatic heterocycles. The lowest BCUT2D eigenvalue weighted by molar-refractivity contribution is 0.0793. The number of rotatable bonds is 5. The predicted octanol–water partition coefficient (Wildman–Crippen LogP) is 2.53. The van der Waals surface area contributed by atoms with Crippen LogP contribution >= 0.6 is 0 Å². The molecular weight excluding hydrogens is 326 g/mol. The van der Waals surface area contributed by atoms with Gasteiger partial charge in [0.2, 0.25) is 0 Å². The van der Waals surface area contributed by atoms with Crippen LogP contribution in [0.5, 0.6) is 0 Å². The second-order valence-corrected chi connectivity index (χ2v) is 7.31. The first-order chi connectivity index (χ1) is 12.7. The van der Waals surface area contributed by atoms with Crippen LogP contribution in [0.2, 0.25) is 0 Å². The molecule has 1 amide bonds. The minimum Gasteiger partial charge on any atom is -0.366 e.